The molecule has 1 N–H and O–H groups in total. The second-order valence-electron chi connectivity index (χ2n) is 10.2. The molecule has 3 aromatic carbocycles. The van der Waals surface area contributed by atoms with Crippen LogP contribution in [-0.2, 0) is 27.3 Å². The van der Waals surface area contributed by atoms with Crippen LogP contribution in [0.3, 0.4) is 0 Å². The van der Waals surface area contributed by atoms with E-state index in [1.165, 1.54) is 7.11 Å². The number of benzene rings is 3. The smallest absolute Gasteiger partial charge is 0.410 e. The van der Waals surface area contributed by atoms with E-state index in [2.05, 4.69) is 15.2 Å². The Morgan fingerprint density at radius 3 is 2.19 bits per heavy atom. The van der Waals surface area contributed by atoms with Crippen LogP contribution in [0.2, 0.25) is 0 Å². The van der Waals surface area contributed by atoms with E-state index in [4.69, 9.17) is 14.5 Å². The lowest BCUT2D eigenvalue weighted by atomic mass is 9.93. The van der Waals surface area contributed by atoms with Gasteiger partial charge in [-0.25, -0.2) is 14.8 Å². The fraction of sp³-hybridized carbons (Fsp3) is 0.273. The summed E-state index contributed by atoms with van der Waals surface area (Å²) < 4.78 is 10.4. The Labute approximate surface area is 246 Å². The molecule has 1 atom stereocenters. The maximum atomic E-state index is 12.5. The molecule has 1 aliphatic heterocycles. The normalized spacial score (nSPS) is 13.7. The minimum atomic E-state index is -0.280. The van der Waals surface area contributed by atoms with E-state index in [9.17, 15) is 9.59 Å². The van der Waals surface area contributed by atoms with Crippen molar-refractivity contribution >= 4 is 29.4 Å². The zero-order valence-corrected chi connectivity index (χ0v) is 23.7. The average Bonchev–Trinajstić information content (AvgIpc) is 3.05. The van der Waals surface area contributed by atoms with Crippen LogP contribution in [0.15, 0.2) is 97.2 Å². The molecule has 2 heterocycles. The largest absolute Gasteiger partial charge is 0.469 e. The van der Waals surface area contributed by atoms with Crippen LogP contribution >= 0.6 is 0 Å². The molecule has 9 nitrogen and oxygen atoms in total. The van der Waals surface area contributed by atoms with Crippen molar-refractivity contribution < 1.29 is 19.1 Å². The van der Waals surface area contributed by atoms with Gasteiger partial charge in [0.05, 0.1) is 13.5 Å². The van der Waals surface area contributed by atoms with Crippen LogP contribution < -0.4 is 10.2 Å². The molecular weight excluding hydrogens is 530 g/mol. The number of hydrogen-bond acceptors (Lipinski definition) is 8. The quantitative estimate of drug-likeness (QED) is 0.250. The van der Waals surface area contributed by atoms with Crippen LogP contribution in [0.1, 0.15) is 29.2 Å². The minimum Gasteiger partial charge on any atom is -0.469 e. The van der Waals surface area contributed by atoms with Gasteiger partial charge in [-0.3, -0.25) is 4.79 Å². The lowest BCUT2D eigenvalue weighted by Gasteiger charge is -2.35. The highest BCUT2D eigenvalue weighted by molar-refractivity contribution is 5.70. The number of aromatic nitrogens is 2. The predicted molar refractivity (Wildman–Crippen MR) is 162 cm³/mol. The zero-order chi connectivity index (χ0) is 29.1. The van der Waals surface area contributed by atoms with Gasteiger partial charge < -0.3 is 24.6 Å². The van der Waals surface area contributed by atoms with Crippen LogP contribution in [0, 0.1) is 0 Å². The Balaban J connectivity index is 1.16. The maximum absolute atomic E-state index is 12.5. The Bertz CT molecular complexity index is 1440. The molecule has 1 aliphatic rings. The number of carbonyl (C=O) groups excluding carboxylic acids is 2. The first kappa shape index (κ1) is 28.6. The SMILES string of the molecule is COC(=O)CC(Cc1ccccc1)c1ccnc(Nc2ccc(N3CCN(C(=O)OCc4ccccc4)CC3)cc2)n1. The number of esters is 1. The van der Waals surface area contributed by atoms with E-state index >= 15 is 0 Å². The first-order valence-electron chi connectivity index (χ1n) is 14.1. The summed E-state index contributed by atoms with van der Waals surface area (Å²) in [5, 5.41) is 3.28. The molecule has 1 saturated heterocycles. The molecule has 0 bridgehead atoms. The first-order chi connectivity index (χ1) is 20.6. The van der Waals surface area contributed by atoms with Crippen molar-refractivity contribution in [2.75, 3.05) is 43.5 Å². The molecule has 9 heteroatoms. The average molecular weight is 566 g/mol. The summed E-state index contributed by atoms with van der Waals surface area (Å²) in [6, 6.07) is 29.7. The number of piperazine rings is 1. The molecule has 1 amide bonds. The van der Waals surface area contributed by atoms with Crippen LogP contribution in [0.25, 0.3) is 0 Å². The van der Waals surface area contributed by atoms with Gasteiger partial charge in [0.15, 0.2) is 0 Å². The van der Waals surface area contributed by atoms with Crippen LogP contribution in [0.4, 0.5) is 22.1 Å². The minimum absolute atomic E-state index is 0.139. The van der Waals surface area contributed by atoms with Gasteiger partial charge in [-0.15, -0.1) is 0 Å². The number of rotatable bonds is 10. The number of nitrogens with zero attached hydrogens (tertiary/aromatic N) is 4. The van der Waals surface area contributed by atoms with Gasteiger partial charge in [0.25, 0.3) is 0 Å². The van der Waals surface area contributed by atoms with Gasteiger partial charge in [-0.05, 0) is 47.9 Å². The zero-order valence-electron chi connectivity index (χ0n) is 23.7. The van der Waals surface area contributed by atoms with Gasteiger partial charge in [0, 0.05) is 55.4 Å². The molecule has 0 radical (unpaired) electrons. The molecule has 1 fully saturated rings. The summed E-state index contributed by atoms with van der Waals surface area (Å²) >= 11 is 0. The van der Waals surface area contributed by atoms with Crippen molar-refractivity contribution in [1.82, 2.24) is 14.9 Å². The Morgan fingerprint density at radius 1 is 0.857 bits per heavy atom. The summed E-state index contributed by atoms with van der Waals surface area (Å²) in [4.78, 5) is 37.8. The highest BCUT2D eigenvalue weighted by Gasteiger charge is 2.23. The summed E-state index contributed by atoms with van der Waals surface area (Å²) in [5.41, 5.74) is 4.81. The summed E-state index contributed by atoms with van der Waals surface area (Å²) in [6.45, 7) is 2.93. The highest BCUT2D eigenvalue weighted by atomic mass is 16.6. The number of anilines is 3. The topological polar surface area (TPSA) is 96.9 Å². The molecule has 1 aromatic heterocycles. The number of nitrogens with one attached hydrogen (secondary N) is 1. The first-order valence-corrected chi connectivity index (χ1v) is 14.1. The second-order valence-corrected chi connectivity index (χ2v) is 10.2. The van der Waals surface area contributed by atoms with Crippen molar-refractivity contribution in [3.8, 4) is 0 Å². The van der Waals surface area contributed by atoms with E-state index in [-0.39, 0.29) is 31.0 Å². The Hall–Kier alpha value is -4.92. The van der Waals surface area contributed by atoms with E-state index in [1.54, 1.807) is 11.1 Å². The van der Waals surface area contributed by atoms with Gasteiger partial charge in [-0.2, -0.15) is 0 Å². The lowest BCUT2D eigenvalue weighted by molar-refractivity contribution is -0.141. The van der Waals surface area contributed by atoms with Crippen molar-refractivity contribution in [3.63, 3.8) is 0 Å². The number of ether oxygens (including phenoxy) is 2. The maximum Gasteiger partial charge on any atom is 0.410 e. The third-order valence-electron chi connectivity index (χ3n) is 7.29. The van der Waals surface area contributed by atoms with E-state index in [1.807, 2.05) is 91.0 Å². The second kappa shape index (κ2) is 14.1. The monoisotopic (exact) mass is 565 g/mol. The lowest BCUT2D eigenvalue weighted by Crippen LogP contribution is -2.48. The van der Waals surface area contributed by atoms with Crippen molar-refractivity contribution in [3.05, 3.63) is 114 Å². The van der Waals surface area contributed by atoms with Gasteiger partial charge in [0.2, 0.25) is 5.95 Å². The molecule has 0 spiro atoms. The summed E-state index contributed by atoms with van der Waals surface area (Å²) in [5.74, 6) is 0.0513. The van der Waals surface area contributed by atoms with Crippen LogP contribution in [-0.4, -0.2) is 60.2 Å². The molecule has 5 rings (SSSR count). The molecule has 4 aromatic rings. The van der Waals surface area contributed by atoms with Crippen molar-refractivity contribution in [2.45, 2.75) is 25.4 Å². The molecule has 0 saturated carbocycles. The number of amides is 1. The summed E-state index contributed by atoms with van der Waals surface area (Å²) in [7, 11) is 1.40. The number of hydrogen-bond donors (Lipinski definition) is 1. The van der Waals surface area contributed by atoms with Crippen LogP contribution in [0.5, 0.6) is 0 Å². The highest BCUT2D eigenvalue weighted by Crippen LogP contribution is 2.26. The summed E-state index contributed by atoms with van der Waals surface area (Å²) in [6.07, 6.45) is 2.32. The fourth-order valence-electron chi connectivity index (χ4n) is 4.97. The molecule has 42 heavy (non-hydrogen) atoms. The van der Waals surface area contributed by atoms with Gasteiger partial charge in [-0.1, -0.05) is 60.7 Å². The third kappa shape index (κ3) is 7.84. The Kier molecular flexibility index (Phi) is 9.61. The molecular formula is C33H35N5O4. The molecule has 0 aliphatic carbocycles. The predicted octanol–water partition coefficient (Wildman–Crippen LogP) is 5.57. The Morgan fingerprint density at radius 2 is 1.52 bits per heavy atom. The van der Waals surface area contributed by atoms with Crippen molar-refractivity contribution in [2.24, 2.45) is 0 Å². The van der Waals surface area contributed by atoms with E-state index < -0.39 is 0 Å². The standard InChI is InChI=1S/C33H35N5O4/c1-41-31(39)23-27(22-25-8-4-2-5-9-25)30-16-17-34-32(36-30)35-28-12-14-29(15-13-28)37-18-20-38(21-19-37)33(40)42-24-26-10-6-3-7-11-26/h2-17,27H,18-24H2,1H3,(H,34,35,36). The molecule has 1 unspecified atom stereocenters. The third-order valence-corrected chi connectivity index (χ3v) is 7.29. The van der Waals surface area contributed by atoms with Crippen molar-refractivity contribution in [1.29, 1.82) is 0 Å². The number of methoxy groups -OCH3 is 1. The van der Waals surface area contributed by atoms with E-state index in [0.29, 0.717) is 25.5 Å². The van der Waals surface area contributed by atoms with E-state index in [0.717, 1.165) is 41.3 Å². The molecule has 216 valence electrons. The fourth-order valence-corrected chi connectivity index (χ4v) is 4.97. The van der Waals surface area contributed by atoms with Gasteiger partial charge >= 0.3 is 12.1 Å². The number of carbonyl (C=O) groups is 2. The van der Waals surface area contributed by atoms with Gasteiger partial charge in [0.1, 0.15) is 6.61 Å².